The molecule has 1 aromatic carbocycles. The zero-order valence-corrected chi connectivity index (χ0v) is 24.8. The second-order valence-electron chi connectivity index (χ2n) is 11.0. The van der Waals surface area contributed by atoms with Crippen LogP contribution < -0.4 is 16.2 Å². The summed E-state index contributed by atoms with van der Waals surface area (Å²) in [5.74, 6) is -1.31. The summed E-state index contributed by atoms with van der Waals surface area (Å²) >= 11 is 0.997. The summed E-state index contributed by atoms with van der Waals surface area (Å²) in [5, 5.41) is 5.87. The molecule has 43 heavy (non-hydrogen) atoms. The van der Waals surface area contributed by atoms with E-state index in [0.717, 1.165) is 36.3 Å². The normalized spacial score (nSPS) is 22.0. The van der Waals surface area contributed by atoms with Gasteiger partial charge in [-0.3, -0.25) is 23.7 Å². The monoisotopic (exact) mass is 636 g/mol. The molecule has 3 aromatic rings. The molecule has 5 rings (SSSR count). The number of thiophene rings is 1. The molecule has 15 heteroatoms. The molecule has 2 aliphatic heterocycles. The van der Waals surface area contributed by atoms with Gasteiger partial charge in [0.15, 0.2) is 0 Å². The van der Waals surface area contributed by atoms with E-state index in [9.17, 15) is 32.5 Å². The van der Waals surface area contributed by atoms with Gasteiger partial charge in [0.1, 0.15) is 12.1 Å². The lowest BCUT2D eigenvalue weighted by atomic mass is 9.99. The third-order valence-electron chi connectivity index (χ3n) is 8.05. The first kappa shape index (κ1) is 31.0. The van der Waals surface area contributed by atoms with Crippen LogP contribution in [-0.4, -0.2) is 55.5 Å². The van der Waals surface area contributed by atoms with E-state index in [1.54, 1.807) is 17.9 Å². The second-order valence-corrected chi connectivity index (χ2v) is 13.7. The van der Waals surface area contributed by atoms with Gasteiger partial charge < -0.3 is 30.3 Å². The fourth-order valence-electron chi connectivity index (χ4n) is 5.79. The third kappa shape index (κ3) is 6.28. The van der Waals surface area contributed by atoms with Crippen LogP contribution in [0.15, 0.2) is 47.4 Å². The Morgan fingerprint density at radius 2 is 1.84 bits per heavy atom. The number of H-pyrrole nitrogens is 1. The van der Waals surface area contributed by atoms with E-state index >= 15 is 0 Å². The molecule has 0 radical (unpaired) electrons. The van der Waals surface area contributed by atoms with Gasteiger partial charge in [-0.1, -0.05) is 18.9 Å². The molecule has 3 amide bonds. The summed E-state index contributed by atoms with van der Waals surface area (Å²) in [5.41, 5.74) is -4.93. The average Bonchev–Trinajstić information content (AvgIpc) is 3.56. The van der Waals surface area contributed by atoms with E-state index < -0.39 is 42.9 Å². The number of rotatable bonds is 7. The molecule has 0 aliphatic carbocycles. The first-order chi connectivity index (χ1) is 20.3. The Morgan fingerprint density at radius 1 is 1.09 bits per heavy atom. The Labute approximate surface area is 248 Å². The highest BCUT2D eigenvalue weighted by Crippen LogP contribution is 2.59. The van der Waals surface area contributed by atoms with Crippen molar-refractivity contribution in [3.8, 4) is 0 Å². The predicted octanol–water partition coefficient (Wildman–Crippen LogP) is 3.73. The Kier molecular flexibility index (Phi) is 8.59. The number of alkyl halides is 2. The summed E-state index contributed by atoms with van der Waals surface area (Å²) in [4.78, 5) is 74.5. The lowest BCUT2D eigenvalue weighted by Gasteiger charge is -2.35. The molecule has 2 saturated heterocycles. The third-order valence-corrected chi connectivity index (χ3v) is 10.2. The zero-order chi connectivity index (χ0) is 31.1. The topological polar surface area (TPSA) is 169 Å². The van der Waals surface area contributed by atoms with Crippen LogP contribution in [-0.2, 0) is 19.8 Å². The van der Waals surface area contributed by atoms with Crippen LogP contribution in [0, 0.1) is 0 Å². The fourth-order valence-corrected chi connectivity index (χ4v) is 7.21. The van der Waals surface area contributed by atoms with Gasteiger partial charge >= 0.3 is 13.3 Å². The van der Waals surface area contributed by atoms with Gasteiger partial charge in [0.05, 0.1) is 10.9 Å². The lowest BCUT2D eigenvalue weighted by molar-refractivity contribution is -0.143. The van der Waals surface area contributed by atoms with Crippen LogP contribution in [0.25, 0.3) is 10.1 Å². The minimum absolute atomic E-state index is 0.139. The number of pyridine rings is 1. The van der Waals surface area contributed by atoms with Gasteiger partial charge in [-0.25, -0.2) is 0 Å². The van der Waals surface area contributed by atoms with Gasteiger partial charge in [-0.15, -0.1) is 11.3 Å². The van der Waals surface area contributed by atoms with Crippen molar-refractivity contribution in [1.29, 1.82) is 0 Å². The number of amides is 3. The molecular formula is C28H31F2N4O7PS. The number of aromatic nitrogens is 1. The minimum atomic E-state index is -5.76. The van der Waals surface area contributed by atoms with Crippen LogP contribution in [0.1, 0.15) is 72.3 Å². The highest BCUT2D eigenvalue weighted by Gasteiger charge is 2.50. The van der Waals surface area contributed by atoms with Crippen molar-refractivity contribution in [1.82, 2.24) is 20.5 Å². The lowest BCUT2D eigenvalue weighted by Crippen LogP contribution is -2.56. The molecule has 5 N–H and O–H groups in total. The number of fused-ring (bicyclic) bond motifs is 2. The SMILES string of the molecule is CC(NC(=O)[C@@H]1CC[C@@H]2CCCCC(NC(=O)c3cc4cc(C(F)(F)P(=O)(O)O)ccc4s3)C(=O)N21)c1cc[nH]c(=O)c1. The van der Waals surface area contributed by atoms with E-state index in [1.165, 1.54) is 24.4 Å². The molecular weight excluding hydrogens is 605 g/mol. The Morgan fingerprint density at radius 3 is 2.56 bits per heavy atom. The summed E-state index contributed by atoms with van der Waals surface area (Å²) < 4.78 is 40.2. The zero-order valence-electron chi connectivity index (χ0n) is 23.1. The average molecular weight is 637 g/mol. The van der Waals surface area contributed by atoms with Crippen LogP contribution in [0.3, 0.4) is 0 Å². The maximum Gasteiger partial charge on any atom is 0.399 e. The van der Waals surface area contributed by atoms with E-state index in [1.807, 2.05) is 0 Å². The fraction of sp³-hybridized carbons (Fsp3) is 0.429. The molecule has 230 valence electrons. The van der Waals surface area contributed by atoms with Crippen molar-refractivity contribution in [2.75, 3.05) is 0 Å². The summed E-state index contributed by atoms with van der Waals surface area (Å²) in [6.45, 7) is 1.75. The number of hydrogen-bond donors (Lipinski definition) is 5. The van der Waals surface area contributed by atoms with E-state index in [0.29, 0.717) is 35.9 Å². The number of nitrogens with one attached hydrogen (secondary N) is 3. The summed E-state index contributed by atoms with van der Waals surface area (Å²) in [7, 11) is -5.76. The number of halogens is 2. The van der Waals surface area contributed by atoms with Crippen molar-refractivity contribution >= 4 is 46.7 Å². The number of benzene rings is 1. The Bertz CT molecular complexity index is 1670. The highest BCUT2D eigenvalue weighted by molar-refractivity contribution is 7.52. The molecule has 0 spiro atoms. The molecule has 2 aromatic heterocycles. The largest absolute Gasteiger partial charge is 0.399 e. The van der Waals surface area contributed by atoms with Crippen LogP contribution in [0.2, 0.25) is 0 Å². The molecule has 2 unspecified atom stereocenters. The minimum Gasteiger partial charge on any atom is -0.348 e. The number of carbonyl (C=O) groups excluding carboxylic acids is 3. The van der Waals surface area contributed by atoms with E-state index in [2.05, 4.69) is 15.6 Å². The number of aromatic amines is 1. The summed E-state index contributed by atoms with van der Waals surface area (Å²) in [6, 6.07) is 5.27. The maximum absolute atomic E-state index is 14.2. The number of nitrogens with zero attached hydrogens (tertiary/aromatic N) is 1. The number of carbonyl (C=O) groups is 3. The summed E-state index contributed by atoms with van der Waals surface area (Å²) in [6.07, 6.45) is 5.17. The van der Waals surface area contributed by atoms with Crippen molar-refractivity contribution in [3.05, 3.63) is 69.0 Å². The smallest absolute Gasteiger partial charge is 0.348 e. The molecule has 0 bridgehead atoms. The molecule has 4 atom stereocenters. The second kappa shape index (κ2) is 11.9. The molecule has 2 aliphatic rings. The first-order valence-electron chi connectivity index (χ1n) is 13.9. The van der Waals surface area contributed by atoms with Crippen molar-refractivity contribution in [2.24, 2.45) is 0 Å². The Balaban J connectivity index is 1.32. The van der Waals surface area contributed by atoms with Gasteiger partial charge in [-0.2, -0.15) is 8.78 Å². The van der Waals surface area contributed by atoms with Crippen LogP contribution in [0.5, 0.6) is 0 Å². The van der Waals surface area contributed by atoms with Gasteiger partial charge in [0, 0.05) is 28.6 Å². The molecule has 4 heterocycles. The van der Waals surface area contributed by atoms with E-state index in [-0.39, 0.29) is 33.7 Å². The van der Waals surface area contributed by atoms with Gasteiger partial charge in [0.25, 0.3) is 5.91 Å². The number of hydrogen-bond acceptors (Lipinski definition) is 6. The van der Waals surface area contributed by atoms with Crippen LogP contribution >= 0.6 is 18.9 Å². The molecule has 0 saturated carbocycles. The standard InChI is InChI=1S/C28H31F2N4O7PS/c1-15(16-10-11-31-24(35)14-16)32-25(36)21-8-7-19-4-2-3-5-20(27(38)34(19)21)33-26(37)23-13-17-12-18(6-9-22(17)43-23)28(29,30)42(39,40)41/h6,9-15,19-21H,2-5,7-8H2,1H3,(H,31,35)(H,32,36)(H,33,37)(H2,39,40,41)/t15?,19-,20?,21-/m0/s1. The van der Waals surface area contributed by atoms with Crippen molar-refractivity contribution in [2.45, 2.75) is 75.3 Å². The Hall–Kier alpha value is -3.45. The molecule has 2 fully saturated rings. The quantitative estimate of drug-likeness (QED) is 0.246. The van der Waals surface area contributed by atoms with E-state index in [4.69, 9.17) is 9.79 Å². The first-order valence-corrected chi connectivity index (χ1v) is 16.3. The van der Waals surface area contributed by atoms with Crippen molar-refractivity contribution < 1.29 is 37.5 Å². The van der Waals surface area contributed by atoms with Crippen LogP contribution in [0.4, 0.5) is 8.78 Å². The maximum atomic E-state index is 14.2. The predicted molar refractivity (Wildman–Crippen MR) is 155 cm³/mol. The van der Waals surface area contributed by atoms with Crippen molar-refractivity contribution in [3.63, 3.8) is 0 Å². The molecule has 11 nitrogen and oxygen atoms in total. The van der Waals surface area contributed by atoms with Gasteiger partial charge in [-0.05, 0) is 67.8 Å². The van der Waals surface area contributed by atoms with Gasteiger partial charge in [0.2, 0.25) is 17.4 Å². The highest BCUT2D eigenvalue weighted by atomic mass is 32.1.